The SMILES string of the molecule is COCC(=O)N1CCN(C(=O)c2ccc(C)o2)CC1. The molecule has 1 aliphatic heterocycles. The van der Waals surface area contributed by atoms with Gasteiger partial charge in [-0.1, -0.05) is 0 Å². The molecule has 6 nitrogen and oxygen atoms in total. The number of hydrogen-bond donors (Lipinski definition) is 0. The lowest BCUT2D eigenvalue weighted by atomic mass is 10.3. The summed E-state index contributed by atoms with van der Waals surface area (Å²) in [5, 5.41) is 0. The number of ether oxygens (including phenoxy) is 1. The Bertz CT molecular complexity index is 461. The third-order valence-electron chi connectivity index (χ3n) is 3.14. The van der Waals surface area contributed by atoms with Crippen molar-refractivity contribution in [3.05, 3.63) is 23.7 Å². The average molecular weight is 266 g/mol. The Morgan fingerprint density at radius 3 is 2.37 bits per heavy atom. The lowest BCUT2D eigenvalue weighted by Crippen LogP contribution is -2.51. The molecular weight excluding hydrogens is 248 g/mol. The summed E-state index contributed by atoms with van der Waals surface area (Å²) in [7, 11) is 1.50. The van der Waals surface area contributed by atoms with E-state index in [1.807, 2.05) is 0 Å². The van der Waals surface area contributed by atoms with Gasteiger partial charge >= 0.3 is 0 Å². The maximum Gasteiger partial charge on any atom is 0.289 e. The molecule has 0 aromatic carbocycles. The van der Waals surface area contributed by atoms with Crippen molar-refractivity contribution >= 4 is 11.8 Å². The first-order valence-electron chi connectivity index (χ1n) is 6.24. The van der Waals surface area contributed by atoms with Crippen LogP contribution in [-0.4, -0.2) is 61.5 Å². The maximum atomic E-state index is 12.1. The fourth-order valence-electron chi connectivity index (χ4n) is 2.08. The zero-order chi connectivity index (χ0) is 13.8. The number of rotatable bonds is 3. The number of amides is 2. The van der Waals surface area contributed by atoms with Gasteiger partial charge in [-0.3, -0.25) is 9.59 Å². The summed E-state index contributed by atoms with van der Waals surface area (Å²) in [5.41, 5.74) is 0. The molecule has 0 unspecified atom stereocenters. The monoisotopic (exact) mass is 266 g/mol. The van der Waals surface area contributed by atoms with E-state index in [4.69, 9.17) is 9.15 Å². The Balaban J connectivity index is 1.89. The fourth-order valence-corrected chi connectivity index (χ4v) is 2.08. The Morgan fingerprint density at radius 1 is 1.21 bits per heavy atom. The van der Waals surface area contributed by atoms with Crippen LogP contribution >= 0.6 is 0 Å². The summed E-state index contributed by atoms with van der Waals surface area (Å²) in [5.74, 6) is 0.918. The number of furan rings is 1. The van der Waals surface area contributed by atoms with Crippen molar-refractivity contribution in [2.75, 3.05) is 39.9 Å². The van der Waals surface area contributed by atoms with Crippen LogP contribution in [0.15, 0.2) is 16.5 Å². The Labute approximate surface area is 111 Å². The van der Waals surface area contributed by atoms with Gasteiger partial charge in [0.1, 0.15) is 12.4 Å². The summed E-state index contributed by atoms with van der Waals surface area (Å²) in [6, 6.07) is 3.45. The van der Waals surface area contributed by atoms with Gasteiger partial charge in [0.25, 0.3) is 5.91 Å². The first kappa shape index (κ1) is 13.6. The molecule has 6 heteroatoms. The summed E-state index contributed by atoms with van der Waals surface area (Å²) >= 11 is 0. The van der Waals surface area contributed by atoms with Gasteiger partial charge in [-0.25, -0.2) is 0 Å². The van der Waals surface area contributed by atoms with Gasteiger partial charge in [0, 0.05) is 33.3 Å². The van der Waals surface area contributed by atoms with Crippen molar-refractivity contribution in [2.24, 2.45) is 0 Å². The fraction of sp³-hybridized carbons (Fsp3) is 0.538. The molecule has 1 aliphatic rings. The minimum atomic E-state index is -0.119. The predicted molar refractivity (Wildman–Crippen MR) is 67.8 cm³/mol. The molecule has 1 aromatic heterocycles. The molecule has 0 atom stereocenters. The van der Waals surface area contributed by atoms with Crippen molar-refractivity contribution in [1.82, 2.24) is 9.80 Å². The standard InChI is InChI=1S/C13H18N2O4/c1-10-3-4-11(19-10)13(17)15-7-5-14(6-8-15)12(16)9-18-2/h3-4H,5-9H2,1-2H3. The molecular formula is C13H18N2O4. The largest absolute Gasteiger partial charge is 0.456 e. The second kappa shape index (κ2) is 5.88. The molecule has 1 fully saturated rings. The molecule has 0 bridgehead atoms. The molecule has 104 valence electrons. The van der Waals surface area contributed by atoms with Crippen LogP contribution in [0.5, 0.6) is 0 Å². The Kier molecular flexibility index (Phi) is 4.21. The van der Waals surface area contributed by atoms with Crippen molar-refractivity contribution in [1.29, 1.82) is 0 Å². The van der Waals surface area contributed by atoms with E-state index in [-0.39, 0.29) is 18.4 Å². The molecule has 0 radical (unpaired) electrons. The Morgan fingerprint density at radius 2 is 1.84 bits per heavy atom. The second-order valence-corrected chi connectivity index (χ2v) is 4.52. The zero-order valence-electron chi connectivity index (χ0n) is 11.2. The van der Waals surface area contributed by atoms with Gasteiger partial charge in [0.05, 0.1) is 0 Å². The summed E-state index contributed by atoms with van der Waals surface area (Å²) in [6.07, 6.45) is 0. The minimum absolute atomic E-state index is 0.0385. The number of aryl methyl sites for hydroxylation is 1. The zero-order valence-corrected chi connectivity index (χ0v) is 11.2. The van der Waals surface area contributed by atoms with E-state index in [0.29, 0.717) is 31.9 Å². The molecule has 19 heavy (non-hydrogen) atoms. The van der Waals surface area contributed by atoms with Crippen LogP contribution in [0.1, 0.15) is 16.3 Å². The van der Waals surface area contributed by atoms with Gasteiger partial charge in [-0.05, 0) is 19.1 Å². The highest BCUT2D eigenvalue weighted by Gasteiger charge is 2.25. The van der Waals surface area contributed by atoms with Crippen molar-refractivity contribution in [3.8, 4) is 0 Å². The van der Waals surface area contributed by atoms with Crippen LogP contribution in [0.2, 0.25) is 0 Å². The molecule has 0 aliphatic carbocycles. The minimum Gasteiger partial charge on any atom is -0.456 e. The van der Waals surface area contributed by atoms with E-state index in [9.17, 15) is 9.59 Å². The lowest BCUT2D eigenvalue weighted by Gasteiger charge is -2.34. The number of nitrogens with zero attached hydrogens (tertiary/aromatic N) is 2. The van der Waals surface area contributed by atoms with Gasteiger partial charge < -0.3 is 19.0 Å². The third-order valence-corrected chi connectivity index (χ3v) is 3.14. The summed E-state index contributed by atoms with van der Waals surface area (Å²) in [4.78, 5) is 27.2. The van der Waals surface area contributed by atoms with Crippen LogP contribution < -0.4 is 0 Å². The van der Waals surface area contributed by atoms with Crippen molar-refractivity contribution in [3.63, 3.8) is 0 Å². The highest BCUT2D eigenvalue weighted by molar-refractivity contribution is 5.91. The first-order valence-corrected chi connectivity index (χ1v) is 6.24. The van der Waals surface area contributed by atoms with E-state index in [1.165, 1.54) is 7.11 Å². The van der Waals surface area contributed by atoms with Crippen molar-refractivity contribution < 1.29 is 18.7 Å². The maximum absolute atomic E-state index is 12.1. The molecule has 0 spiro atoms. The van der Waals surface area contributed by atoms with Gasteiger partial charge in [0.2, 0.25) is 5.91 Å². The van der Waals surface area contributed by atoms with Crippen LogP contribution in [-0.2, 0) is 9.53 Å². The number of hydrogen-bond acceptors (Lipinski definition) is 4. The van der Waals surface area contributed by atoms with Crippen LogP contribution in [0, 0.1) is 6.92 Å². The van der Waals surface area contributed by atoms with E-state index in [1.54, 1.807) is 28.9 Å². The van der Waals surface area contributed by atoms with E-state index < -0.39 is 0 Å². The van der Waals surface area contributed by atoms with Gasteiger partial charge in [-0.15, -0.1) is 0 Å². The molecule has 0 saturated carbocycles. The van der Waals surface area contributed by atoms with Gasteiger partial charge in [-0.2, -0.15) is 0 Å². The quantitative estimate of drug-likeness (QED) is 0.800. The second-order valence-electron chi connectivity index (χ2n) is 4.52. The highest BCUT2D eigenvalue weighted by atomic mass is 16.5. The third kappa shape index (κ3) is 3.14. The van der Waals surface area contributed by atoms with Crippen LogP contribution in [0.25, 0.3) is 0 Å². The number of piperazine rings is 1. The van der Waals surface area contributed by atoms with Gasteiger partial charge in [0.15, 0.2) is 5.76 Å². The average Bonchev–Trinajstić information content (AvgIpc) is 2.85. The number of carbonyl (C=O) groups is 2. The normalized spacial score (nSPS) is 15.7. The summed E-state index contributed by atoms with van der Waals surface area (Å²) < 4.78 is 10.1. The number of methoxy groups -OCH3 is 1. The lowest BCUT2D eigenvalue weighted by molar-refractivity contribution is -0.136. The molecule has 2 rings (SSSR count). The first-order chi connectivity index (χ1) is 9.11. The number of carbonyl (C=O) groups excluding carboxylic acids is 2. The van der Waals surface area contributed by atoms with Crippen LogP contribution in [0.4, 0.5) is 0 Å². The molecule has 1 saturated heterocycles. The molecule has 2 heterocycles. The highest BCUT2D eigenvalue weighted by Crippen LogP contribution is 2.12. The molecule has 2 amide bonds. The predicted octanol–water partition coefficient (Wildman–Crippen LogP) is 0.519. The Hall–Kier alpha value is -1.82. The van der Waals surface area contributed by atoms with Crippen molar-refractivity contribution in [2.45, 2.75) is 6.92 Å². The van der Waals surface area contributed by atoms with E-state index in [0.717, 1.165) is 5.76 Å². The smallest absolute Gasteiger partial charge is 0.289 e. The van der Waals surface area contributed by atoms with E-state index in [2.05, 4.69) is 0 Å². The van der Waals surface area contributed by atoms with Crippen LogP contribution in [0.3, 0.4) is 0 Å². The molecule has 0 N–H and O–H groups in total. The van der Waals surface area contributed by atoms with E-state index >= 15 is 0 Å². The topological polar surface area (TPSA) is 63.0 Å². The molecule has 1 aromatic rings. The summed E-state index contributed by atoms with van der Waals surface area (Å²) in [6.45, 7) is 4.01.